The number of nitro groups is 1. The number of hydrogen-bond donors (Lipinski definition) is 0. The zero-order chi connectivity index (χ0) is 15.8. The van der Waals surface area contributed by atoms with Crippen molar-refractivity contribution in [3.05, 3.63) is 50.9 Å². The first kappa shape index (κ1) is 15.4. The van der Waals surface area contributed by atoms with Crippen LogP contribution in [-0.4, -0.2) is 14.9 Å². The molecule has 0 N–H and O–H groups in total. The van der Waals surface area contributed by atoms with Crippen molar-refractivity contribution in [2.24, 2.45) is 0 Å². The Bertz CT molecular complexity index is 691. The summed E-state index contributed by atoms with van der Waals surface area (Å²) in [5.74, 6) is 0. The molecule has 1 aromatic carbocycles. The molecule has 2 aromatic rings. The highest BCUT2D eigenvalue weighted by atomic mass is 35.5. The average molecular weight is 306 g/mol. The number of benzene rings is 1. The van der Waals surface area contributed by atoms with Crippen molar-refractivity contribution < 1.29 is 4.92 Å². The fourth-order valence-corrected chi connectivity index (χ4v) is 2.29. The van der Waals surface area contributed by atoms with Gasteiger partial charge in [-0.05, 0) is 29.5 Å². The second-order valence-corrected chi connectivity index (χ2v) is 6.20. The first-order valence-electron chi connectivity index (χ1n) is 6.49. The Morgan fingerprint density at radius 1 is 1.14 bits per heavy atom. The molecule has 6 heteroatoms. The van der Waals surface area contributed by atoms with Crippen molar-refractivity contribution in [2.75, 3.05) is 0 Å². The molecular weight excluding hydrogens is 290 g/mol. The van der Waals surface area contributed by atoms with Crippen molar-refractivity contribution >= 4 is 17.3 Å². The van der Waals surface area contributed by atoms with E-state index < -0.39 is 4.92 Å². The molecule has 5 nitrogen and oxygen atoms in total. The molecule has 0 atom stereocenters. The summed E-state index contributed by atoms with van der Waals surface area (Å²) >= 11 is 5.84. The molecule has 0 amide bonds. The van der Waals surface area contributed by atoms with Gasteiger partial charge in [0, 0.05) is 5.56 Å². The van der Waals surface area contributed by atoms with Crippen LogP contribution in [0.25, 0.3) is 11.3 Å². The van der Waals surface area contributed by atoms with E-state index in [9.17, 15) is 10.1 Å². The average Bonchev–Trinajstić information content (AvgIpc) is 2.36. The Labute approximate surface area is 128 Å². The second-order valence-electron chi connectivity index (χ2n) is 5.86. The topological polar surface area (TPSA) is 68.9 Å². The van der Waals surface area contributed by atoms with Gasteiger partial charge in [-0.1, -0.05) is 45.0 Å². The summed E-state index contributed by atoms with van der Waals surface area (Å²) in [7, 11) is 0. The largest absolute Gasteiger partial charge is 0.316 e. The molecule has 0 spiro atoms. The summed E-state index contributed by atoms with van der Waals surface area (Å²) < 4.78 is 0. The lowest BCUT2D eigenvalue weighted by Gasteiger charge is -2.19. The number of aryl methyl sites for hydroxylation is 1. The standard InChI is InChI=1S/C15H16ClN3O2/c1-9-13(19(20)21)12(18-14(16)17-9)10-5-7-11(8-6-10)15(2,3)4/h5-8H,1-4H3. The summed E-state index contributed by atoms with van der Waals surface area (Å²) in [6.45, 7) is 7.88. The molecule has 110 valence electrons. The molecule has 0 bridgehead atoms. The van der Waals surface area contributed by atoms with Crippen LogP contribution in [0, 0.1) is 17.0 Å². The van der Waals surface area contributed by atoms with Gasteiger partial charge in [-0.3, -0.25) is 10.1 Å². The van der Waals surface area contributed by atoms with E-state index in [0.717, 1.165) is 5.56 Å². The maximum Gasteiger partial charge on any atom is 0.316 e. The second kappa shape index (κ2) is 5.41. The minimum Gasteiger partial charge on any atom is -0.258 e. The van der Waals surface area contributed by atoms with Crippen LogP contribution in [0.15, 0.2) is 24.3 Å². The molecule has 0 aliphatic heterocycles. The van der Waals surface area contributed by atoms with Gasteiger partial charge in [-0.25, -0.2) is 9.97 Å². The highest BCUT2D eigenvalue weighted by molar-refractivity contribution is 6.28. The van der Waals surface area contributed by atoms with Crippen molar-refractivity contribution in [1.82, 2.24) is 9.97 Å². The molecule has 0 unspecified atom stereocenters. The minimum absolute atomic E-state index is 0.00741. The molecule has 0 saturated heterocycles. The smallest absolute Gasteiger partial charge is 0.258 e. The Morgan fingerprint density at radius 3 is 2.19 bits per heavy atom. The number of nitrogens with zero attached hydrogens (tertiary/aromatic N) is 3. The van der Waals surface area contributed by atoms with Crippen molar-refractivity contribution in [3.63, 3.8) is 0 Å². The number of hydrogen-bond acceptors (Lipinski definition) is 4. The van der Waals surface area contributed by atoms with Crippen molar-refractivity contribution in [3.8, 4) is 11.3 Å². The number of halogens is 1. The van der Waals surface area contributed by atoms with E-state index in [4.69, 9.17) is 11.6 Å². The fourth-order valence-electron chi connectivity index (χ4n) is 2.08. The van der Waals surface area contributed by atoms with Gasteiger partial charge in [0.1, 0.15) is 5.69 Å². The van der Waals surface area contributed by atoms with Crippen LogP contribution < -0.4 is 0 Å². The van der Waals surface area contributed by atoms with Crippen LogP contribution in [-0.2, 0) is 5.41 Å². The highest BCUT2D eigenvalue weighted by Crippen LogP contribution is 2.32. The van der Waals surface area contributed by atoms with Gasteiger partial charge in [-0.15, -0.1) is 0 Å². The third-order valence-corrected chi connectivity index (χ3v) is 3.41. The molecular formula is C15H16ClN3O2. The van der Waals surface area contributed by atoms with E-state index >= 15 is 0 Å². The monoisotopic (exact) mass is 305 g/mol. The maximum atomic E-state index is 11.2. The molecule has 0 saturated carbocycles. The van der Waals surface area contributed by atoms with Gasteiger partial charge in [0.15, 0.2) is 5.69 Å². The molecule has 1 heterocycles. The highest BCUT2D eigenvalue weighted by Gasteiger charge is 2.23. The summed E-state index contributed by atoms with van der Waals surface area (Å²) in [6.07, 6.45) is 0. The van der Waals surface area contributed by atoms with Crippen LogP contribution in [0.1, 0.15) is 32.0 Å². The lowest BCUT2D eigenvalue weighted by atomic mass is 9.86. The van der Waals surface area contributed by atoms with Gasteiger partial charge < -0.3 is 0 Å². The lowest BCUT2D eigenvalue weighted by molar-refractivity contribution is -0.385. The molecule has 21 heavy (non-hydrogen) atoms. The molecule has 0 aliphatic carbocycles. The SMILES string of the molecule is Cc1nc(Cl)nc(-c2ccc(C(C)(C)C)cc2)c1[N+](=O)[O-]. The third kappa shape index (κ3) is 3.19. The Balaban J connectivity index is 2.59. The van der Waals surface area contributed by atoms with Gasteiger partial charge in [0.05, 0.1) is 4.92 Å². The van der Waals surface area contributed by atoms with Crippen LogP contribution in [0.4, 0.5) is 5.69 Å². The molecule has 0 aliphatic rings. The van der Waals surface area contributed by atoms with Crippen LogP contribution >= 0.6 is 11.6 Å². The quantitative estimate of drug-likeness (QED) is 0.471. The van der Waals surface area contributed by atoms with Crippen LogP contribution in [0.3, 0.4) is 0 Å². The van der Waals surface area contributed by atoms with E-state index in [0.29, 0.717) is 5.56 Å². The first-order chi connectivity index (χ1) is 9.70. The number of rotatable bonds is 2. The summed E-state index contributed by atoms with van der Waals surface area (Å²) in [6, 6.07) is 7.55. The molecule has 0 fully saturated rings. The first-order valence-corrected chi connectivity index (χ1v) is 6.87. The van der Waals surface area contributed by atoms with Crippen LogP contribution in [0.2, 0.25) is 5.28 Å². The zero-order valence-electron chi connectivity index (χ0n) is 12.3. The number of aromatic nitrogens is 2. The van der Waals surface area contributed by atoms with E-state index in [-0.39, 0.29) is 27.8 Å². The van der Waals surface area contributed by atoms with E-state index in [1.165, 1.54) is 0 Å². The Hall–Kier alpha value is -2.01. The Kier molecular flexibility index (Phi) is 3.96. The molecule has 0 radical (unpaired) electrons. The Morgan fingerprint density at radius 2 is 1.71 bits per heavy atom. The van der Waals surface area contributed by atoms with Crippen molar-refractivity contribution in [2.45, 2.75) is 33.1 Å². The molecule has 2 rings (SSSR count). The van der Waals surface area contributed by atoms with E-state index in [1.807, 2.05) is 24.3 Å². The lowest BCUT2D eigenvalue weighted by Crippen LogP contribution is -2.10. The van der Waals surface area contributed by atoms with Gasteiger partial charge in [0.25, 0.3) is 0 Å². The summed E-state index contributed by atoms with van der Waals surface area (Å²) in [4.78, 5) is 18.6. The minimum atomic E-state index is -0.474. The normalized spacial score (nSPS) is 11.5. The fraction of sp³-hybridized carbons (Fsp3) is 0.333. The summed E-state index contributed by atoms with van der Waals surface area (Å²) in [5, 5.41) is 11.2. The van der Waals surface area contributed by atoms with Crippen molar-refractivity contribution in [1.29, 1.82) is 0 Å². The predicted octanol–water partition coefficient (Wildman–Crippen LogP) is 4.31. The van der Waals surface area contributed by atoms with E-state index in [1.54, 1.807) is 6.92 Å². The zero-order valence-corrected chi connectivity index (χ0v) is 13.1. The predicted molar refractivity (Wildman–Crippen MR) is 82.6 cm³/mol. The van der Waals surface area contributed by atoms with Gasteiger partial charge in [0.2, 0.25) is 5.28 Å². The molecule has 1 aromatic heterocycles. The van der Waals surface area contributed by atoms with Crippen LogP contribution in [0.5, 0.6) is 0 Å². The van der Waals surface area contributed by atoms with Gasteiger partial charge in [-0.2, -0.15) is 0 Å². The maximum absolute atomic E-state index is 11.2. The third-order valence-electron chi connectivity index (χ3n) is 3.24. The van der Waals surface area contributed by atoms with Gasteiger partial charge >= 0.3 is 5.69 Å². The summed E-state index contributed by atoms with van der Waals surface area (Å²) in [5.41, 5.74) is 2.22. The van der Waals surface area contributed by atoms with E-state index in [2.05, 4.69) is 30.7 Å².